The minimum atomic E-state index is 0.148. The molecule has 0 radical (unpaired) electrons. The van der Waals surface area contributed by atoms with Crippen molar-refractivity contribution in [3.63, 3.8) is 0 Å². The number of carbonyl (C=O) groups is 1. The Labute approximate surface area is 118 Å². The number of likely N-dealkylation sites (tertiary alicyclic amines) is 1. The molecule has 1 atom stereocenters. The summed E-state index contributed by atoms with van der Waals surface area (Å²) in [4.78, 5) is 15.3. The summed E-state index contributed by atoms with van der Waals surface area (Å²) in [5, 5.41) is 1.90. The van der Waals surface area contributed by atoms with Crippen LogP contribution in [0.25, 0.3) is 0 Å². The second-order valence-corrected chi connectivity index (χ2v) is 5.78. The molecule has 1 aliphatic rings. The van der Waals surface area contributed by atoms with Gasteiger partial charge in [-0.1, -0.05) is 25.2 Å². The van der Waals surface area contributed by atoms with E-state index < -0.39 is 0 Å². The molecular weight excluding hydrogens is 256 g/mol. The average Bonchev–Trinajstić information content (AvgIpc) is 2.93. The van der Waals surface area contributed by atoms with Crippen molar-refractivity contribution >= 4 is 17.2 Å². The number of hydrogen-bond acceptors (Lipinski definition) is 3. The van der Waals surface area contributed by atoms with Gasteiger partial charge in [-0.15, -0.1) is 11.3 Å². The predicted molar refractivity (Wildman–Crippen MR) is 79.2 cm³/mol. The van der Waals surface area contributed by atoms with E-state index in [2.05, 4.69) is 18.8 Å². The maximum Gasteiger partial charge on any atom is 0.254 e. The Kier molecular flexibility index (Phi) is 5.00. The highest BCUT2D eigenvalue weighted by atomic mass is 32.1. The van der Waals surface area contributed by atoms with Gasteiger partial charge in [0.15, 0.2) is 0 Å². The summed E-state index contributed by atoms with van der Waals surface area (Å²) in [6, 6.07) is 1.88. The smallest absolute Gasteiger partial charge is 0.254 e. The number of thiophene rings is 1. The maximum atomic E-state index is 12.4. The molecule has 1 fully saturated rings. The second kappa shape index (κ2) is 6.74. The monoisotopic (exact) mass is 276 g/mol. The van der Waals surface area contributed by atoms with Gasteiger partial charge < -0.3 is 10.6 Å². The number of nitrogens with zero attached hydrogens (tertiary/aromatic N) is 1. The lowest BCUT2D eigenvalue weighted by Gasteiger charge is -2.32. The fraction of sp³-hybridized carbons (Fsp3) is 0.533. The molecule has 1 unspecified atom stereocenters. The third kappa shape index (κ3) is 3.59. The molecule has 2 heterocycles. The molecule has 2 rings (SSSR count). The Hall–Kier alpha value is -1.31. The lowest BCUT2D eigenvalue weighted by atomic mass is 9.95. The van der Waals surface area contributed by atoms with Crippen molar-refractivity contribution in [3.05, 3.63) is 21.9 Å². The summed E-state index contributed by atoms with van der Waals surface area (Å²) in [5.74, 6) is 6.60. The van der Waals surface area contributed by atoms with Crippen LogP contribution >= 0.6 is 11.3 Å². The van der Waals surface area contributed by atoms with Gasteiger partial charge in [0, 0.05) is 18.5 Å². The van der Waals surface area contributed by atoms with E-state index in [9.17, 15) is 4.79 Å². The zero-order chi connectivity index (χ0) is 13.7. The van der Waals surface area contributed by atoms with Crippen molar-refractivity contribution in [1.82, 2.24) is 4.90 Å². The molecule has 1 aliphatic heterocycles. The normalized spacial score (nSPS) is 18.8. The van der Waals surface area contributed by atoms with Crippen molar-refractivity contribution in [2.75, 3.05) is 19.6 Å². The van der Waals surface area contributed by atoms with Gasteiger partial charge in [0.1, 0.15) is 0 Å². The Balaban J connectivity index is 2.04. The van der Waals surface area contributed by atoms with Gasteiger partial charge in [-0.05, 0) is 24.8 Å². The van der Waals surface area contributed by atoms with Crippen LogP contribution in [0.3, 0.4) is 0 Å². The summed E-state index contributed by atoms with van der Waals surface area (Å²) < 4.78 is 0. The van der Waals surface area contributed by atoms with Gasteiger partial charge in [0.2, 0.25) is 0 Å². The van der Waals surface area contributed by atoms with Gasteiger partial charge in [0.05, 0.1) is 17.0 Å². The molecule has 4 heteroatoms. The zero-order valence-electron chi connectivity index (χ0n) is 11.3. The van der Waals surface area contributed by atoms with E-state index in [1.165, 1.54) is 17.8 Å². The van der Waals surface area contributed by atoms with E-state index in [-0.39, 0.29) is 5.91 Å². The molecular formula is C15H20N2OS. The zero-order valence-corrected chi connectivity index (χ0v) is 12.1. The lowest BCUT2D eigenvalue weighted by molar-refractivity contribution is 0.0672. The van der Waals surface area contributed by atoms with Gasteiger partial charge in [-0.3, -0.25) is 4.79 Å². The average molecular weight is 276 g/mol. The van der Waals surface area contributed by atoms with E-state index in [0.29, 0.717) is 12.5 Å². The molecule has 1 aromatic rings. The van der Waals surface area contributed by atoms with Crippen LogP contribution in [0, 0.1) is 17.8 Å². The topological polar surface area (TPSA) is 46.3 Å². The summed E-state index contributed by atoms with van der Waals surface area (Å²) >= 11 is 1.51. The van der Waals surface area contributed by atoms with E-state index >= 15 is 0 Å². The highest BCUT2D eigenvalue weighted by Crippen LogP contribution is 2.22. The van der Waals surface area contributed by atoms with Gasteiger partial charge >= 0.3 is 0 Å². The van der Waals surface area contributed by atoms with Crippen molar-refractivity contribution < 1.29 is 4.79 Å². The molecule has 2 N–H and O–H groups in total. The Morgan fingerprint density at radius 2 is 2.47 bits per heavy atom. The number of piperidine rings is 1. The largest absolute Gasteiger partial charge is 0.338 e. The summed E-state index contributed by atoms with van der Waals surface area (Å²) in [6.07, 6.45) is 3.52. The minimum absolute atomic E-state index is 0.148. The molecule has 102 valence electrons. The molecule has 0 bridgehead atoms. The number of hydrogen-bond donors (Lipinski definition) is 1. The first-order chi connectivity index (χ1) is 9.24. The Bertz CT molecular complexity index is 498. The summed E-state index contributed by atoms with van der Waals surface area (Å²) in [6.45, 7) is 4.33. The third-order valence-corrected chi connectivity index (χ3v) is 4.39. The molecule has 0 spiro atoms. The number of carbonyl (C=O) groups excluding carboxylic acids is 1. The third-order valence-electron chi connectivity index (χ3n) is 3.54. The SMILES string of the molecule is CCC1CCCN(C(=O)c2csc(C#CCN)c2)C1. The lowest BCUT2D eigenvalue weighted by Crippen LogP contribution is -2.39. The number of amides is 1. The highest BCUT2D eigenvalue weighted by molar-refractivity contribution is 7.10. The van der Waals surface area contributed by atoms with Crippen LogP contribution in [0.2, 0.25) is 0 Å². The molecule has 19 heavy (non-hydrogen) atoms. The molecule has 0 aromatic carbocycles. The van der Waals surface area contributed by atoms with Crippen molar-refractivity contribution in [1.29, 1.82) is 0 Å². The number of rotatable bonds is 2. The van der Waals surface area contributed by atoms with Crippen LogP contribution in [0.1, 0.15) is 41.4 Å². The molecule has 1 saturated heterocycles. The van der Waals surface area contributed by atoms with Crippen LogP contribution in [0.5, 0.6) is 0 Å². The van der Waals surface area contributed by atoms with E-state index in [1.807, 2.05) is 16.3 Å². The van der Waals surface area contributed by atoms with Crippen LogP contribution in [-0.2, 0) is 0 Å². The molecule has 0 saturated carbocycles. The number of nitrogens with two attached hydrogens (primary N) is 1. The van der Waals surface area contributed by atoms with Gasteiger partial charge in [-0.25, -0.2) is 0 Å². The molecule has 3 nitrogen and oxygen atoms in total. The van der Waals surface area contributed by atoms with Gasteiger partial charge in [0.25, 0.3) is 5.91 Å². The van der Waals surface area contributed by atoms with Crippen molar-refractivity contribution in [2.24, 2.45) is 11.7 Å². The Morgan fingerprint density at radius 1 is 1.63 bits per heavy atom. The fourth-order valence-corrected chi connectivity index (χ4v) is 3.17. The summed E-state index contributed by atoms with van der Waals surface area (Å²) in [5.41, 5.74) is 6.11. The first-order valence-electron chi connectivity index (χ1n) is 6.81. The van der Waals surface area contributed by atoms with Crippen LogP contribution in [-0.4, -0.2) is 30.4 Å². The van der Waals surface area contributed by atoms with Crippen LogP contribution in [0.4, 0.5) is 0 Å². The van der Waals surface area contributed by atoms with Crippen molar-refractivity contribution in [2.45, 2.75) is 26.2 Å². The first-order valence-corrected chi connectivity index (χ1v) is 7.69. The predicted octanol–water partition coefficient (Wildman–Crippen LogP) is 2.32. The van der Waals surface area contributed by atoms with Crippen LogP contribution in [0.15, 0.2) is 11.4 Å². The summed E-state index contributed by atoms with van der Waals surface area (Å²) in [7, 11) is 0. The van der Waals surface area contributed by atoms with Gasteiger partial charge in [-0.2, -0.15) is 0 Å². The second-order valence-electron chi connectivity index (χ2n) is 4.87. The molecule has 0 aliphatic carbocycles. The highest BCUT2D eigenvalue weighted by Gasteiger charge is 2.23. The molecule has 1 aromatic heterocycles. The Morgan fingerprint density at radius 3 is 3.21 bits per heavy atom. The van der Waals surface area contributed by atoms with Crippen molar-refractivity contribution in [3.8, 4) is 11.8 Å². The maximum absolute atomic E-state index is 12.4. The van der Waals surface area contributed by atoms with E-state index in [1.54, 1.807) is 0 Å². The fourth-order valence-electron chi connectivity index (χ4n) is 2.42. The van der Waals surface area contributed by atoms with Crippen LogP contribution < -0.4 is 5.73 Å². The first kappa shape index (κ1) is 14.1. The van der Waals surface area contributed by atoms with E-state index in [4.69, 9.17) is 5.73 Å². The standard InChI is InChI=1S/C15H20N2OS/c1-2-12-5-4-8-17(10-12)15(18)13-9-14(19-11-13)6-3-7-16/h9,11-12H,2,4-5,7-8,10,16H2,1H3. The minimum Gasteiger partial charge on any atom is -0.338 e. The van der Waals surface area contributed by atoms with E-state index in [0.717, 1.165) is 36.4 Å². The molecule has 1 amide bonds. The quantitative estimate of drug-likeness (QED) is 0.843.